The maximum atomic E-state index is 10.9. The van der Waals surface area contributed by atoms with E-state index < -0.39 is 5.97 Å². The molecule has 0 aliphatic carbocycles. The number of nitrogen functional groups attached to an aromatic ring is 1. The van der Waals surface area contributed by atoms with Crippen molar-refractivity contribution in [3.63, 3.8) is 0 Å². The number of carbonyl (C=O) groups is 2. The summed E-state index contributed by atoms with van der Waals surface area (Å²) in [5.74, 6) is 1.86. The molecule has 7 heterocycles. The van der Waals surface area contributed by atoms with Crippen molar-refractivity contribution in [2.75, 3.05) is 69.4 Å². The van der Waals surface area contributed by atoms with Crippen LogP contribution in [0.25, 0.3) is 0 Å². The number of H-pyrrole nitrogens is 3. The molecule has 7 N–H and O–H groups in total. The summed E-state index contributed by atoms with van der Waals surface area (Å²) in [4.78, 5) is 34.7. The molecular weight excluding hydrogens is 987 g/mol. The van der Waals surface area contributed by atoms with E-state index in [0.29, 0.717) is 99.4 Å². The molecule has 0 saturated carbocycles. The van der Waals surface area contributed by atoms with Gasteiger partial charge in [-0.15, -0.1) is 42.9 Å². The normalized spacial score (nSPS) is 20.8. The van der Waals surface area contributed by atoms with Crippen molar-refractivity contribution < 1.29 is 24.2 Å². The van der Waals surface area contributed by atoms with Crippen LogP contribution in [0.1, 0.15) is 55.4 Å². The van der Waals surface area contributed by atoms with Crippen LogP contribution in [-0.2, 0) is 44.7 Å². The molecule has 70 heavy (non-hydrogen) atoms. The number of tetrazole rings is 2. The Bertz CT molecular complexity index is 2350. The Balaban J connectivity index is 0.000000205. The number of ether oxygens (including phenoxy) is 2. The van der Waals surface area contributed by atoms with Crippen LogP contribution in [0.3, 0.4) is 0 Å². The summed E-state index contributed by atoms with van der Waals surface area (Å²) in [6.07, 6.45) is 10.2. The first kappa shape index (κ1) is 55.4. The van der Waals surface area contributed by atoms with E-state index in [2.05, 4.69) is 101 Å². The van der Waals surface area contributed by atoms with Crippen molar-refractivity contribution in [3.8, 4) is 6.19 Å². The summed E-state index contributed by atoms with van der Waals surface area (Å²) in [6.45, 7) is 7.25. The van der Waals surface area contributed by atoms with E-state index >= 15 is 0 Å². The zero-order valence-corrected chi connectivity index (χ0v) is 42.0. The maximum Gasteiger partial charge on any atom is 0.300 e. The van der Waals surface area contributed by atoms with Crippen molar-refractivity contribution >= 4 is 76.2 Å². The van der Waals surface area contributed by atoms with Crippen molar-refractivity contribution in [3.05, 3.63) is 81.4 Å². The standard InChI is InChI=1S/C20H27ClN10O.C13H16ClN5O.C8H11N3OS.C2H4O2.ClH/c21-14-3-1-13(2-4-14)9-16-12-32-17(10-18-24-28-29-25-18)11-31(16)15-5-7-30(8-6-15)20-23-19(22)26-27-20;14-10-3-1-9(2-4-10)5-11-8-20-12(7-15-11)6-13-16-18-19-17-13;1-13-8(10-6-9)11-4-2-7(12)3-5-11;1-2(3)4;/h1-4,15-17H,5-12H2,(H3,22,23,26,27)(H,24,25,28,29);1-4,11-12,15H,5-8H2,(H,16,17,18,19);2-5H2,1H3;1H3,(H,3,4);1H/t16-,17-;11-,12-;;;/m00.../s1. The number of aromatic nitrogens is 11. The number of morpholine rings is 2. The number of amidine groups is 1. The quantitative estimate of drug-likeness (QED) is 0.0663. The molecule has 5 aromatic rings. The molecule has 0 unspecified atom stereocenters. The summed E-state index contributed by atoms with van der Waals surface area (Å²) in [6, 6.07) is 17.1. The average molecular weight is 1050 g/mol. The number of ketones is 1. The molecule has 4 fully saturated rings. The largest absolute Gasteiger partial charge is 0.481 e. The molecule has 0 radical (unpaired) electrons. The van der Waals surface area contributed by atoms with E-state index in [0.717, 1.165) is 74.0 Å². The van der Waals surface area contributed by atoms with Gasteiger partial charge in [0.25, 0.3) is 5.97 Å². The molecule has 4 atom stereocenters. The fourth-order valence-electron chi connectivity index (χ4n) is 8.24. The van der Waals surface area contributed by atoms with E-state index in [9.17, 15) is 4.79 Å². The molecule has 3 aromatic heterocycles. The SMILES string of the molecule is CC(=O)O.CSC(=NC#N)N1CCC(=O)CC1.Cl.Clc1ccc(C[C@H]2CO[C@@H](Cc3nn[nH]n3)CN2)cc1.Nc1nc(N2CCC(N3C[C@H](Cc4nn[nH]n4)OC[C@@H]3Cc3ccc(Cl)cc3)CC2)n[nH]1. The fourth-order valence-corrected chi connectivity index (χ4v) is 9.06. The summed E-state index contributed by atoms with van der Waals surface area (Å²) in [5.41, 5.74) is 8.22. The first-order chi connectivity index (χ1) is 33.4. The number of halogens is 3. The summed E-state index contributed by atoms with van der Waals surface area (Å²) >= 11 is 13.4. The monoisotopic (exact) mass is 1040 g/mol. The number of hydrogen-bond donors (Lipinski definition) is 6. The van der Waals surface area contributed by atoms with Gasteiger partial charge in [0.2, 0.25) is 18.1 Å². The number of rotatable bonds is 10. The van der Waals surface area contributed by atoms with E-state index in [1.165, 1.54) is 22.9 Å². The Hall–Kier alpha value is -5.52. The van der Waals surface area contributed by atoms with E-state index in [4.69, 9.17) is 53.6 Å². The number of aromatic amines is 3. The second-order valence-corrected chi connectivity index (χ2v) is 18.2. The smallest absolute Gasteiger partial charge is 0.300 e. The lowest BCUT2D eigenvalue weighted by molar-refractivity contribution is -0.134. The molecule has 9 rings (SSSR count). The maximum absolute atomic E-state index is 10.9. The van der Waals surface area contributed by atoms with Gasteiger partial charge in [0.15, 0.2) is 16.8 Å². The van der Waals surface area contributed by atoms with Crippen LogP contribution in [0.4, 0.5) is 11.9 Å². The van der Waals surface area contributed by atoms with Crippen molar-refractivity contribution in [2.45, 2.75) is 88.6 Å². The number of carboxylic acids is 1. The number of Topliss-reactive ketones (excluding diaryl/α,β-unsaturated/α-hetero) is 1. The number of hydrogen-bond acceptors (Lipinski definition) is 19. The average Bonchev–Trinajstić information content (AvgIpc) is 4.17. The van der Waals surface area contributed by atoms with Gasteiger partial charge in [-0.05, 0) is 67.3 Å². The topological polar surface area (TPSA) is 307 Å². The molecule has 27 heteroatoms. The van der Waals surface area contributed by atoms with Crippen molar-refractivity contribution in [2.24, 2.45) is 4.99 Å². The van der Waals surface area contributed by atoms with Gasteiger partial charge in [0.1, 0.15) is 5.78 Å². The Morgan fingerprint density at radius 3 is 1.96 bits per heavy atom. The van der Waals surface area contributed by atoms with Crippen LogP contribution in [0, 0.1) is 11.5 Å². The minimum absolute atomic E-state index is 0. The van der Waals surface area contributed by atoms with Crippen LogP contribution in [0.15, 0.2) is 53.5 Å². The van der Waals surface area contributed by atoms with Gasteiger partial charge in [-0.1, -0.05) is 69.7 Å². The van der Waals surface area contributed by atoms with Gasteiger partial charge < -0.3 is 35.4 Å². The summed E-state index contributed by atoms with van der Waals surface area (Å²) in [5, 5.41) is 56.7. The number of aliphatic imine (C=N–C) groups is 1. The number of nitrogens with zero attached hydrogens (tertiary/aromatic N) is 13. The molecule has 2 aromatic carbocycles. The van der Waals surface area contributed by atoms with Crippen molar-refractivity contribution in [1.29, 1.82) is 5.26 Å². The number of nitriles is 1. The highest BCUT2D eigenvalue weighted by atomic mass is 35.5. The molecule has 23 nitrogen and oxygen atoms in total. The number of carbonyl (C=O) groups excluding carboxylic acids is 1. The number of nitrogens with two attached hydrogens (primary N) is 1. The molecule has 378 valence electrons. The number of aliphatic carboxylic acids is 1. The number of thioether (sulfide) groups is 1. The number of carboxylic acid groups (broad SMARTS) is 1. The van der Waals surface area contributed by atoms with E-state index in [-0.39, 0.29) is 24.6 Å². The van der Waals surface area contributed by atoms with Crippen LogP contribution in [0.2, 0.25) is 10.0 Å². The first-order valence-corrected chi connectivity index (χ1v) is 24.5. The third-order valence-corrected chi connectivity index (χ3v) is 12.8. The Labute approximate surface area is 425 Å². The molecule has 4 aliphatic heterocycles. The number of likely N-dealkylation sites (tertiary alicyclic amines) is 1. The lowest BCUT2D eigenvalue weighted by atomic mass is 9.96. The molecule has 0 bridgehead atoms. The Morgan fingerprint density at radius 1 is 0.886 bits per heavy atom. The van der Waals surface area contributed by atoms with Crippen LogP contribution in [0.5, 0.6) is 0 Å². The highest BCUT2D eigenvalue weighted by molar-refractivity contribution is 8.13. The molecule has 0 amide bonds. The van der Waals surface area contributed by atoms with Crippen LogP contribution < -0.4 is 16.0 Å². The highest BCUT2D eigenvalue weighted by Crippen LogP contribution is 2.28. The third-order valence-electron chi connectivity index (χ3n) is 11.6. The number of piperidine rings is 2. The zero-order chi connectivity index (χ0) is 49.0. The van der Waals surface area contributed by atoms with Crippen LogP contribution in [-0.4, -0.2) is 177 Å². The fraction of sp³-hybridized carbons (Fsp3) is 0.535. The van der Waals surface area contributed by atoms with Gasteiger partial charge >= 0.3 is 0 Å². The summed E-state index contributed by atoms with van der Waals surface area (Å²) in [7, 11) is 0. The van der Waals surface area contributed by atoms with E-state index in [1.807, 2.05) is 35.4 Å². The number of nitrogens with one attached hydrogen (secondary N) is 4. The van der Waals surface area contributed by atoms with Gasteiger partial charge in [0.05, 0.1) is 25.4 Å². The Kier molecular flexibility index (Phi) is 22.9. The minimum Gasteiger partial charge on any atom is -0.481 e. The lowest BCUT2D eigenvalue weighted by Crippen LogP contribution is -2.57. The van der Waals surface area contributed by atoms with Gasteiger partial charge in [-0.25, -0.2) is 5.10 Å². The molecule has 0 spiro atoms. The Morgan fingerprint density at radius 2 is 1.46 bits per heavy atom. The number of anilines is 2. The zero-order valence-electron chi connectivity index (χ0n) is 38.9. The van der Waals surface area contributed by atoms with Gasteiger partial charge in [-0.3, -0.25) is 14.5 Å². The predicted octanol–water partition coefficient (Wildman–Crippen LogP) is 3.44. The third kappa shape index (κ3) is 18.3. The molecule has 4 aliphatic rings. The van der Waals surface area contributed by atoms with Gasteiger partial charge in [-0.2, -0.15) is 20.7 Å². The predicted molar refractivity (Wildman–Crippen MR) is 267 cm³/mol. The molecule has 4 saturated heterocycles. The second kappa shape index (κ2) is 29.0. The number of benzene rings is 2. The second-order valence-electron chi connectivity index (χ2n) is 16.6. The minimum atomic E-state index is -0.833. The molecular formula is C43H59Cl3N18O5S. The van der Waals surface area contributed by atoms with Gasteiger partial charge in [0, 0.05) is 100 Å². The summed E-state index contributed by atoms with van der Waals surface area (Å²) < 4.78 is 12.1. The lowest BCUT2D eigenvalue weighted by Gasteiger charge is -2.46. The van der Waals surface area contributed by atoms with Crippen molar-refractivity contribution in [1.82, 2.24) is 71.5 Å². The van der Waals surface area contributed by atoms with Crippen LogP contribution >= 0.6 is 47.4 Å². The first-order valence-electron chi connectivity index (χ1n) is 22.5. The van der Waals surface area contributed by atoms with E-state index in [1.54, 1.807) is 6.19 Å². The highest BCUT2D eigenvalue weighted by Gasteiger charge is 2.36.